The normalized spacial score (nSPS) is 15.0. The Morgan fingerprint density at radius 2 is 1.94 bits per heavy atom. The molecule has 2 aromatic carbocycles. The number of hydrogen-bond donors (Lipinski definition) is 2. The maximum atomic E-state index is 13.0. The maximum absolute atomic E-state index is 13.0. The highest BCUT2D eigenvalue weighted by molar-refractivity contribution is 7.89. The van der Waals surface area contributed by atoms with Crippen molar-refractivity contribution >= 4 is 60.3 Å². The van der Waals surface area contributed by atoms with Crippen molar-refractivity contribution in [2.75, 3.05) is 24.5 Å². The summed E-state index contributed by atoms with van der Waals surface area (Å²) in [4.78, 5) is 6.08. The van der Waals surface area contributed by atoms with Crippen molar-refractivity contribution in [3.05, 3.63) is 58.3 Å². The minimum absolute atomic E-state index is 0.0175. The molecule has 31 heavy (non-hydrogen) atoms. The minimum Gasteiger partial charge on any atom is -0.510 e. The van der Waals surface area contributed by atoms with Gasteiger partial charge < -0.3 is 10.0 Å². The van der Waals surface area contributed by atoms with E-state index in [1.165, 1.54) is 27.8 Å². The van der Waals surface area contributed by atoms with Crippen LogP contribution in [0.1, 0.15) is 18.9 Å². The highest BCUT2D eigenvalue weighted by Crippen LogP contribution is 2.37. The number of hydrogen-bond acceptors (Lipinski definition) is 6. The summed E-state index contributed by atoms with van der Waals surface area (Å²) < 4.78 is 28.3. The van der Waals surface area contributed by atoms with Crippen LogP contribution in [0, 0.1) is 5.41 Å². The van der Waals surface area contributed by atoms with Crippen molar-refractivity contribution in [2.45, 2.75) is 18.7 Å². The molecule has 1 aliphatic rings. The molecule has 2 heterocycles. The zero-order valence-electron chi connectivity index (χ0n) is 17.0. The van der Waals surface area contributed by atoms with Crippen molar-refractivity contribution in [1.29, 1.82) is 5.41 Å². The van der Waals surface area contributed by atoms with E-state index in [-0.39, 0.29) is 28.1 Å². The number of aliphatic hydroxyl groups excluding tert-OH is 1. The van der Waals surface area contributed by atoms with Crippen LogP contribution in [-0.4, -0.2) is 48.3 Å². The zero-order chi connectivity index (χ0) is 22.3. The number of aliphatic hydroxyl groups is 1. The average Bonchev–Trinajstić information content (AvgIpc) is 3.28. The number of aromatic nitrogens is 1. The third-order valence-corrected chi connectivity index (χ3v) is 8.75. The molecule has 0 bridgehead atoms. The number of nitrogens with one attached hydrogen (secondary N) is 1. The maximum Gasteiger partial charge on any atom is 0.244 e. The number of rotatable bonds is 6. The first-order valence-corrected chi connectivity index (χ1v) is 12.4. The van der Waals surface area contributed by atoms with Gasteiger partial charge >= 0.3 is 0 Å². The lowest BCUT2D eigenvalue weighted by Crippen LogP contribution is -2.31. The molecule has 2 N–H and O–H groups in total. The van der Waals surface area contributed by atoms with E-state index < -0.39 is 10.0 Å². The molecule has 0 aliphatic carbocycles. The number of halogens is 1. The second-order valence-corrected chi connectivity index (χ2v) is 10.3. The second-order valence-electron chi connectivity index (χ2n) is 6.95. The largest absolute Gasteiger partial charge is 0.510 e. The molecule has 1 aromatic heterocycles. The molecule has 162 valence electrons. The van der Waals surface area contributed by atoms with Crippen LogP contribution in [0.5, 0.6) is 0 Å². The average molecular weight is 477 g/mol. The Morgan fingerprint density at radius 3 is 2.61 bits per heavy atom. The molecular formula is C21H21ClN4O3S2. The highest BCUT2D eigenvalue weighted by atomic mass is 35.5. The number of nitrogens with zero attached hydrogens (tertiary/aromatic N) is 3. The van der Waals surface area contributed by atoms with Gasteiger partial charge in [0.15, 0.2) is 0 Å². The first-order valence-electron chi connectivity index (χ1n) is 9.72. The minimum atomic E-state index is -3.78. The standard InChI is InChI=1S/C21H21ClN4O3S2/c1-3-25(4-2)31(28,29)18-11-13(9-10-14(18)22)26-12-16(27)19(20(26)23)21-24-15-7-5-6-8-17(15)30-21/h5-11,23,27H,3-4,12H2,1-2H3. The molecule has 0 atom stereocenters. The molecule has 4 rings (SSSR count). The highest BCUT2D eigenvalue weighted by Gasteiger charge is 2.33. The number of sulfonamides is 1. The van der Waals surface area contributed by atoms with E-state index in [1.54, 1.807) is 24.8 Å². The van der Waals surface area contributed by atoms with Crippen LogP contribution in [0.25, 0.3) is 15.8 Å². The van der Waals surface area contributed by atoms with E-state index in [2.05, 4.69) is 4.98 Å². The van der Waals surface area contributed by atoms with Gasteiger partial charge in [0.05, 0.1) is 27.4 Å². The molecule has 0 saturated heterocycles. The Kier molecular flexibility index (Phi) is 5.78. The summed E-state index contributed by atoms with van der Waals surface area (Å²) in [6.07, 6.45) is 0. The van der Waals surface area contributed by atoms with E-state index in [9.17, 15) is 13.5 Å². The molecular weight excluding hydrogens is 456 g/mol. The molecule has 0 unspecified atom stereocenters. The number of anilines is 1. The number of amidine groups is 1. The van der Waals surface area contributed by atoms with Crippen LogP contribution in [-0.2, 0) is 10.0 Å². The summed E-state index contributed by atoms with van der Waals surface area (Å²) >= 11 is 7.63. The molecule has 0 spiro atoms. The smallest absolute Gasteiger partial charge is 0.244 e. The number of fused-ring (bicyclic) bond motifs is 1. The first kappa shape index (κ1) is 21.8. The summed E-state index contributed by atoms with van der Waals surface area (Å²) in [6.45, 7) is 4.23. The fourth-order valence-electron chi connectivity index (χ4n) is 3.56. The quantitative estimate of drug-likeness (QED) is 0.535. The van der Waals surface area contributed by atoms with Crippen LogP contribution in [0.15, 0.2) is 53.1 Å². The molecule has 10 heteroatoms. The summed E-state index contributed by atoms with van der Waals surface area (Å²) in [5, 5.41) is 20.0. The van der Waals surface area contributed by atoms with Gasteiger partial charge in [0.1, 0.15) is 21.5 Å². The Bertz CT molecular complexity index is 1280. The van der Waals surface area contributed by atoms with Gasteiger partial charge in [-0.1, -0.05) is 37.6 Å². The first-order chi connectivity index (χ1) is 14.8. The summed E-state index contributed by atoms with van der Waals surface area (Å²) in [5.41, 5.74) is 1.61. The van der Waals surface area contributed by atoms with Gasteiger partial charge in [0, 0.05) is 18.8 Å². The van der Waals surface area contributed by atoms with Gasteiger partial charge in [-0.15, -0.1) is 11.3 Å². The summed E-state index contributed by atoms with van der Waals surface area (Å²) in [6, 6.07) is 12.2. The predicted molar refractivity (Wildman–Crippen MR) is 126 cm³/mol. The Morgan fingerprint density at radius 1 is 1.23 bits per heavy atom. The van der Waals surface area contributed by atoms with E-state index in [0.717, 1.165) is 10.2 Å². The molecule has 0 fully saturated rings. The van der Waals surface area contributed by atoms with Crippen molar-refractivity contribution in [3.8, 4) is 0 Å². The summed E-state index contributed by atoms with van der Waals surface area (Å²) in [7, 11) is -3.78. The molecule has 0 amide bonds. The Balaban J connectivity index is 1.71. The van der Waals surface area contributed by atoms with Gasteiger partial charge in [0.25, 0.3) is 0 Å². The van der Waals surface area contributed by atoms with Crippen LogP contribution in [0.3, 0.4) is 0 Å². The molecule has 7 nitrogen and oxygen atoms in total. The lowest BCUT2D eigenvalue weighted by Gasteiger charge is -2.22. The lowest BCUT2D eigenvalue weighted by atomic mass is 10.2. The topological polar surface area (TPSA) is 97.6 Å². The van der Waals surface area contributed by atoms with E-state index in [1.807, 2.05) is 24.3 Å². The monoisotopic (exact) mass is 476 g/mol. The molecule has 0 radical (unpaired) electrons. The zero-order valence-corrected chi connectivity index (χ0v) is 19.4. The Labute approximate surface area is 189 Å². The van der Waals surface area contributed by atoms with Gasteiger partial charge in [-0.3, -0.25) is 5.41 Å². The van der Waals surface area contributed by atoms with Gasteiger partial charge in [-0.05, 0) is 30.3 Å². The van der Waals surface area contributed by atoms with Gasteiger partial charge in [0.2, 0.25) is 10.0 Å². The van der Waals surface area contributed by atoms with Crippen LogP contribution < -0.4 is 4.90 Å². The van der Waals surface area contributed by atoms with Crippen LogP contribution >= 0.6 is 22.9 Å². The van der Waals surface area contributed by atoms with Gasteiger partial charge in [-0.2, -0.15) is 4.31 Å². The van der Waals surface area contributed by atoms with E-state index in [0.29, 0.717) is 29.4 Å². The van der Waals surface area contributed by atoms with E-state index in [4.69, 9.17) is 17.0 Å². The SMILES string of the molecule is CCN(CC)S(=O)(=O)c1cc(N2CC(O)=C(c3nc4ccccc4s3)C2=N)ccc1Cl. The van der Waals surface area contributed by atoms with Crippen molar-refractivity contribution in [2.24, 2.45) is 0 Å². The van der Waals surface area contributed by atoms with Crippen molar-refractivity contribution in [3.63, 3.8) is 0 Å². The van der Waals surface area contributed by atoms with Crippen LogP contribution in [0.2, 0.25) is 5.02 Å². The van der Waals surface area contributed by atoms with Crippen molar-refractivity contribution in [1.82, 2.24) is 9.29 Å². The van der Waals surface area contributed by atoms with Gasteiger partial charge in [-0.25, -0.2) is 13.4 Å². The Hall–Kier alpha value is -2.46. The van der Waals surface area contributed by atoms with Crippen LogP contribution in [0.4, 0.5) is 5.69 Å². The van der Waals surface area contributed by atoms with Crippen molar-refractivity contribution < 1.29 is 13.5 Å². The number of benzene rings is 2. The number of para-hydroxylation sites is 1. The third-order valence-electron chi connectivity index (χ3n) is 5.16. The summed E-state index contributed by atoms with van der Waals surface area (Å²) in [5.74, 6) is 0.0808. The fraction of sp³-hybridized carbons (Fsp3) is 0.238. The molecule has 3 aromatic rings. The molecule has 0 saturated carbocycles. The molecule has 1 aliphatic heterocycles. The second kappa shape index (κ2) is 8.23. The van der Waals surface area contributed by atoms with E-state index >= 15 is 0 Å². The predicted octanol–water partition coefficient (Wildman–Crippen LogP) is 4.75. The fourth-order valence-corrected chi connectivity index (χ4v) is 6.55. The number of thiazole rings is 1. The lowest BCUT2D eigenvalue weighted by molar-refractivity contribution is 0.411. The third kappa shape index (κ3) is 3.71.